The second-order valence-corrected chi connectivity index (χ2v) is 3.13. The summed E-state index contributed by atoms with van der Waals surface area (Å²) in [5.41, 5.74) is 5.05. The van der Waals surface area contributed by atoms with Crippen molar-refractivity contribution in [2.45, 2.75) is 6.04 Å². The first-order valence-electron chi connectivity index (χ1n) is 2.91. The predicted octanol–water partition coefficient (Wildman–Crippen LogP) is -0.823. The largest absolute Gasteiger partial charge is 0.368 e. The molecule has 1 aliphatic heterocycles. The smallest absolute Gasteiger partial charge is 0.235 e. The minimum Gasteiger partial charge on any atom is -0.368 e. The summed E-state index contributed by atoms with van der Waals surface area (Å²) in [4.78, 5) is 10.5. The summed E-state index contributed by atoms with van der Waals surface area (Å²) in [6, 6.07) is -0.0938. The molecule has 1 saturated heterocycles. The van der Waals surface area contributed by atoms with Crippen molar-refractivity contribution < 1.29 is 4.79 Å². The molecule has 0 bridgehead atoms. The number of carbonyl (C=O) groups is 1. The van der Waals surface area contributed by atoms with Crippen LogP contribution in [0, 0.1) is 0 Å². The predicted molar refractivity (Wildman–Crippen MR) is 38.3 cm³/mol. The van der Waals surface area contributed by atoms with Gasteiger partial charge in [0.2, 0.25) is 5.91 Å². The van der Waals surface area contributed by atoms with Crippen LogP contribution in [0.5, 0.6) is 0 Å². The van der Waals surface area contributed by atoms with Crippen molar-refractivity contribution in [1.29, 1.82) is 0 Å². The first kappa shape index (κ1) is 6.89. The normalized spacial score (nSPS) is 27.8. The Balaban J connectivity index is 2.31. The summed E-state index contributed by atoms with van der Waals surface area (Å²) in [6.07, 6.45) is 0. The molecule has 0 radical (unpaired) electrons. The molecule has 0 unspecified atom stereocenters. The fourth-order valence-corrected chi connectivity index (χ4v) is 1.69. The highest BCUT2D eigenvalue weighted by Gasteiger charge is 2.16. The number of rotatable bonds is 1. The van der Waals surface area contributed by atoms with Gasteiger partial charge in [-0.2, -0.15) is 11.8 Å². The lowest BCUT2D eigenvalue weighted by Gasteiger charge is -2.19. The molecule has 0 spiro atoms. The first-order valence-corrected chi connectivity index (χ1v) is 4.06. The molecule has 0 aromatic rings. The molecule has 0 aromatic carbocycles. The van der Waals surface area contributed by atoms with Gasteiger partial charge in [-0.15, -0.1) is 0 Å². The summed E-state index contributed by atoms with van der Waals surface area (Å²) in [5.74, 6) is 1.68. The number of nitrogens with two attached hydrogens (primary N) is 1. The highest BCUT2D eigenvalue weighted by atomic mass is 32.2. The van der Waals surface area contributed by atoms with E-state index in [0.29, 0.717) is 0 Å². The third-order valence-electron chi connectivity index (χ3n) is 1.27. The summed E-state index contributed by atoms with van der Waals surface area (Å²) < 4.78 is 0. The molecule has 3 nitrogen and oxygen atoms in total. The molecule has 1 heterocycles. The monoisotopic (exact) mass is 146 g/mol. The molecular weight excluding hydrogens is 136 g/mol. The van der Waals surface area contributed by atoms with E-state index in [1.165, 1.54) is 0 Å². The molecule has 9 heavy (non-hydrogen) atoms. The lowest BCUT2D eigenvalue weighted by Crippen LogP contribution is -2.46. The van der Waals surface area contributed by atoms with E-state index >= 15 is 0 Å². The van der Waals surface area contributed by atoms with Gasteiger partial charge in [0.05, 0.1) is 6.04 Å². The average molecular weight is 146 g/mol. The van der Waals surface area contributed by atoms with E-state index in [1.54, 1.807) is 11.8 Å². The summed E-state index contributed by atoms with van der Waals surface area (Å²) in [5, 5.41) is 3.02. The quantitative estimate of drug-likeness (QED) is 0.508. The molecule has 1 rings (SSSR count). The fourth-order valence-electron chi connectivity index (χ4n) is 0.748. The molecule has 3 N–H and O–H groups in total. The van der Waals surface area contributed by atoms with Crippen molar-refractivity contribution in [2.75, 3.05) is 18.1 Å². The lowest BCUT2D eigenvalue weighted by molar-refractivity contribution is -0.119. The second kappa shape index (κ2) is 3.08. The van der Waals surface area contributed by atoms with Crippen LogP contribution in [-0.4, -0.2) is 30.0 Å². The summed E-state index contributed by atoms with van der Waals surface area (Å²) in [7, 11) is 0. The van der Waals surface area contributed by atoms with Gasteiger partial charge in [0.15, 0.2) is 0 Å². The van der Waals surface area contributed by atoms with Gasteiger partial charge >= 0.3 is 0 Å². The van der Waals surface area contributed by atoms with Crippen LogP contribution >= 0.6 is 11.8 Å². The molecule has 0 aliphatic carbocycles. The molecule has 0 aromatic heterocycles. The van der Waals surface area contributed by atoms with Gasteiger partial charge in [0.25, 0.3) is 0 Å². The van der Waals surface area contributed by atoms with E-state index in [4.69, 9.17) is 5.73 Å². The van der Waals surface area contributed by atoms with E-state index in [-0.39, 0.29) is 11.9 Å². The van der Waals surface area contributed by atoms with Gasteiger partial charge in [0, 0.05) is 18.1 Å². The Morgan fingerprint density at radius 2 is 2.56 bits per heavy atom. The van der Waals surface area contributed by atoms with Gasteiger partial charge in [-0.05, 0) is 0 Å². The molecule has 1 amide bonds. The standard InChI is InChI=1S/C5H10N2OS/c6-5(8)4-3-9-2-1-7-4/h4,7H,1-3H2,(H2,6,8)/t4-/m1/s1. The highest BCUT2D eigenvalue weighted by Crippen LogP contribution is 2.06. The van der Waals surface area contributed by atoms with Gasteiger partial charge in [-0.3, -0.25) is 4.79 Å². The molecule has 4 heteroatoms. The minimum atomic E-state index is -0.234. The summed E-state index contributed by atoms with van der Waals surface area (Å²) in [6.45, 7) is 0.901. The fraction of sp³-hybridized carbons (Fsp3) is 0.800. The average Bonchev–Trinajstić information content (AvgIpc) is 1.90. The number of hydrogen-bond acceptors (Lipinski definition) is 3. The Bertz CT molecular complexity index is 112. The number of thioether (sulfide) groups is 1. The third kappa shape index (κ3) is 1.87. The van der Waals surface area contributed by atoms with Crippen molar-refractivity contribution in [1.82, 2.24) is 5.32 Å². The Morgan fingerprint density at radius 3 is 2.89 bits per heavy atom. The van der Waals surface area contributed by atoms with E-state index in [0.717, 1.165) is 18.1 Å². The van der Waals surface area contributed by atoms with Crippen LogP contribution in [0.15, 0.2) is 0 Å². The number of hydrogen-bond donors (Lipinski definition) is 2. The van der Waals surface area contributed by atoms with Crippen molar-refractivity contribution in [2.24, 2.45) is 5.73 Å². The van der Waals surface area contributed by atoms with E-state index < -0.39 is 0 Å². The lowest BCUT2D eigenvalue weighted by atomic mass is 10.3. The van der Waals surface area contributed by atoms with Gasteiger partial charge in [-0.1, -0.05) is 0 Å². The molecule has 1 atom stereocenters. The molecule has 1 fully saturated rings. The molecule has 1 aliphatic rings. The maximum Gasteiger partial charge on any atom is 0.235 e. The van der Waals surface area contributed by atoms with Crippen LogP contribution in [0.2, 0.25) is 0 Å². The number of nitrogens with one attached hydrogen (secondary N) is 1. The molecule has 0 saturated carbocycles. The van der Waals surface area contributed by atoms with Crippen molar-refractivity contribution >= 4 is 17.7 Å². The number of amides is 1. The van der Waals surface area contributed by atoms with Crippen LogP contribution < -0.4 is 11.1 Å². The zero-order valence-corrected chi connectivity index (χ0v) is 5.91. The maximum atomic E-state index is 10.5. The van der Waals surface area contributed by atoms with Crippen LogP contribution in [0.4, 0.5) is 0 Å². The second-order valence-electron chi connectivity index (χ2n) is 1.98. The van der Waals surface area contributed by atoms with E-state index in [2.05, 4.69) is 5.32 Å². The summed E-state index contributed by atoms with van der Waals surface area (Å²) >= 11 is 1.77. The third-order valence-corrected chi connectivity index (χ3v) is 2.33. The first-order chi connectivity index (χ1) is 4.30. The molecular formula is C5H10N2OS. The van der Waals surface area contributed by atoms with Crippen molar-refractivity contribution in [3.63, 3.8) is 0 Å². The topological polar surface area (TPSA) is 55.1 Å². The zero-order chi connectivity index (χ0) is 6.69. The van der Waals surface area contributed by atoms with Crippen LogP contribution in [0.25, 0.3) is 0 Å². The minimum absolute atomic E-state index is 0.0938. The Kier molecular flexibility index (Phi) is 2.36. The van der Waals surface area contributed by atoms with Crippen molar-refractivity contribution in [3.8, 4) is 0 Å². The van der Waals surface area contributed by atoms with Gasteiger partial charge in [-0.25, -0.2) is 0 Å². The SMILES string of the molecule is NC(=O)[C@H]1CSCCN1. The van der Waals surface area contributed by atoms with Crippen molar-refractivity contribution in [3.05, 3.63) is 0 Å². The Hall–Kier alpha value is -0.220. The Morgan fingerprint density at radius 1 is 1.78 bits per heavy atom. The zero-order valence-electron chi connectivity index (χ0n) is 5.09. The van der Waals surface area contributed by atoms with Gasteiger partial charge in [0.1, 0.15) is 0 Å². The molecule has 52 valence electrons. The Labute approximate surface area is 58.4 Å². The van der Waals surface area contributed by atoms with Crippen LogP contribution in [0.3, 0.4) is 0 Å². The van der Waals surface area contributed by atoms with E-state index in [1.807, 2.05) is 0 Å². The maximum absolute atomic E-state index is 10.5. The van der Waals surface area contributed by atoms with Gasteiger partial charge < -0.3 is 11.1 Å². The van der Waals surface area contributed by atoms with Crippen LogP contribution in [-0.2, 0) is 4.79 Å². The number of carbonyl (C=O) groups excluding carboxylic acids is 1. The van der Waals surface area contributed by atoms with E-state index in [9.17, 15) is 4.79 Å². The highest BCUT2D eigenvalue weighted by molar-refractivity contribution is 7.99. The van der Waals surface area contributed by atoms with Crippen LogP contribution in [0.1, 0.15) is 0 Å². The number of primary amides is 1.